The zero-order valence-electron chi connectivity index (χ0n) is 10.5. The molecule has 100 valence electrons. The number of nitrogens with zero attached hydrogens (tertiary/aromatic N) is 1. The lowest BCUT2D eigenvalue weighted by atomic mass is 10.2. The van der Waals surface area contributed by atoms with Gasteiger partial charge in [-0.15, -0.1) is 0 Å². The minimum atomic E-state index is -3.56. The Morgan fingerprint density at radius 2 is 2.11 bits per heavy atom. The van der Waals surface area contributed by atoms with Crippen LogP contribution in [0.3, 0.4) is 0 Å². The van der Waals surface area contributed by atoms with Gasteiger partial charge in [0.05, 0.1) is 4.90 Å². The lowest BCUT2D eigenvalue weighted by Crippen LogP contribution is -2.23. The SMILES string of the molecule is Cc1cc(N)cc(S(=O)(=O)NCc2cccnc2)c1. The monoisotopic (exact) mass is 277 g/mol. The van der Waals surface area contributed by atoms with Gasteiger partial charge in [0, 0.05) is 24.6 Å². The van der Waals surface area contributed by atoms with Crippen molar-refractivity contribution in [2.24, 2.45) is 0 Å². The van der Waals surface area contributed by atoms with Gasteiger partial charge in [-0.2, -0.15) is 0 Å². The second-order valence-corrected chi connectivity index (χ2v) is 6.03. The van der Waals surface area contributed by atoms with E-state index in [-0.39, 0.29) is 11.4 Å². The van der Waals surface area contributed by atoms with Gasteiger partial charge in [0.25, 0.3) is 0 Å². The van der Waals surface area contributed by atoms with E-state index >= 15 is 0 Å². The highest BCUT2D eigenvalue weighted by atomic mass is 32.2. The Hall–Kier alpha value is -1.92. The zero-order chi connectivity index (χ0) is 13.9. The molecule has 0 saturated heterocycles. The molecule has 0 radical (unpaired) electrons. The number of aryl methyl sites for hydroxylation is 1. The first-order valence-corrected chi connectivity index (χ1v) is 7.21. The summed E-state index contributed by atoms with van der Waals surface area (Å²) in [6.07, 6.45) is 3.26. The van der Waals surface area contributed by atoms with Crippen molar-refractivity contribution in [2.45, 2.75) is 18.4 Å². The van der Waals surface area contributed by atoms with Gasteiger partial charge in [-0.3, -0.25) is 4.98 Å². The van der Waals surface area contributed by atoms with Gasteiger partial charge >= 0.3 is 0 Å². The summed E-state index contributed by atoms with van der Waals surface area (Å²) < 4.78 is 26.8. The molecule has 0 aliphatic heterocycles. The average molecular weight is 277 g/mol. The number of nitrogen functional groups attached to an aromatic ring is 1. The normalized spacial score (nSPS) is 11.4. The maximum atomic E-state index is 12.1. The number of rotatable bonds is 4. The zero-order valence-corrected chi connectivity index (χ0v) is 11.3. The van der Waals surface area contributed by atoms with E-state index in [2.05, 4.69) is 9.71 Å². The molecule has 2 aromatic rings. The molecule has 1 aromatic carbocycles. The van der Waals surface area contributed by atoms with Crippen molar-refractivity contribution in [3.8, 4) is 0 Å². The third-order valence-electron chi connectivity index (χ3n) is 2.57. The fraction of sp³-hybridized carbons (Fsp3) is 0.154. The largest absolute Gasteiger partial charge is 0.399 e. The van der Waals surface area contributed by atoms with Gasteiger partial charge < -0.3 is 5.73 Å². The van der Waals surface area contributed by atoms with Gasteiger partial charge in [-0.1, -0.05) is 6.07 Å². The Morgan fingerprint density at radius 3 is 2.74 bits per heavy atom. The molecule has 1 heterocycles. The second-order valence-electron chi connectivity index (χ2n) is 4.27. The number of hydrogen-bond donors (Lipinski definition) is 2. The van der Waals surface area contributed by atoms with Crippen LogP contribution in [0.2, 0.25) is 0 Å². The van der Waals surface area contributed by atoms with Gasteiger partial charge in [0.15, 0.2) is 0 Å². The van der Waals surface area contributed by atoms with Crippen LogP contribution in [0.25, 0.3) is 0 Å². The third kappa shape index (κ3) is 3.52. The van der Waals surface area contributed by atoms with Crippen molar-refractivity contribution >= 4 is 15.7 Å². The van der Waals surface area contributed by atoms with Crippen LogP contribution in [-0.2, 0) is 16.6 Å². The highest BCUT2D eigenvalue weighted by Crippen LogP contribution is 2.16. The molecule has 0 amide bonds. The Kier molecular flexibility index (Phi) is 3.82. The van der Waals surface area contributed by atoms with Gasteiger partial charge in [-0.05, 0) is 42.3 Å². The van der Waals surface area contributed by atoms with Crippen molar-refractivity contribution in [1.29, 1.82) is 0 Å². The van der Waals surface area contributed by atoms with E-state index < -0.39 is 10.0 Å². The minimum absolute atomic E-state index is 0.175. The maximum Gasteiger partial charge on any atom is 0.240 e. The van der Waals surface area contributed by atoms with Crippen LogP contribution in [0.15, 0.2) is 47.6 Å². The van der Waals surface area contributed by atoms with Crippen LogP contribution >= 0.6 is 0 Å². The average Bonchev–Trinajstić information content (AvgIpc) is 2.37. The molecule has 3 N–H and O–H groups in total. The molecule has 0 bridgehead atoms. The Labute approximate surface area is 112 Å². The number of hydrogen-bond acceptors (Lipinski definition) is 4. The Morgan fingerprint density at radius 1 is 1.32 bits per heavy atom. The summed E-state index contributed by atoms with van der Waals surface area (Å²) in [6.45, 7) is 2.00. The van der Waals surface area contributed by atoms with Crippen molar-refractivity contribution in [2.75, 3.05) is 5.73 Å². The first-order chi connectivity index (χ1) is 8.97. The first kappa shape index (κ1) is 13.5. The molecule has 0 fully saturated rings. The molecule has 6 heteroatoms. The molecular weight excluding hydrogens is 262 g/mol. The van der Waals surface area contributed by atoms with Crippen LogP contribution in [0.5, 0.6) is 0 Å². The molecule has 2 rings (SSSR count). The Bertz CT molecular complexity index is 649. The predicted octanol–water partition coefficient (Wildman–Crippen LogP) is 1.45. The van der Waals surface area contributed by atoms with Gasteiger partial charge in [0.1, 0.15) is 0 Å². The lowest BCUT2D eigenvalue weighted by Gasteiger charge is -2.08. The quantitative estimate of drug-likeness (QED) is 0.828. The van der Waals surface area contributed by atoms with E-state index in [0.29, 0.717) is 5.69 Å². The molecule has 0 unspecified atom stereocenters. The number of benzene rings is 1. The first-order valence-electron chi connectivity index (χ1n) is 5.73. The summed E-state index contributed by atoms with van der Waals surface area (Å²) in [5.74, 6) is 0. The fourth-order valence-corrected chi connectivity index (χ4v) is 2.85. The summed E-state index contributed by atoms with van der Waals surface area (Å²) >= 11 is 0. The highest BCUT2D eigenvalue weighted by molar-refractivity contribution is 7.89. The van der Waals surface area contributed by atoms with E-state index in [1.165, 1.54) is 6.07 Å². The second kappa shape index (κ2) is 5.38. The van der Waals surface area contributed by atoms with Crippen LogP contribution in [0.4, 0.5) is 5.69 Å². The van der Waals surface area contributed by atoms with Crippen molar-refractivity contribution < 1.29 is 8.42 Å². The number of sulfonamides is 1. The van der Waals surface area contributed by atoms with Gasteiger partial charge in [-0.25, -0.2) is 13.1 Å². The Balaban J connectivity index is 2.19. The highest BCUT2D eigenvalue weighted by Gasteiger charge is 2.14. The molecule has 19 heavy (non-hydrogen) atoms. The molecule has 0 spiro atoms. The van der Waals surface area contributed by atoms with Crippen LogP contribution in [0, 0.1) is 6.92 Å². The van der Waals surface area contributed by atoms with Crippen LogP contribution in [0.1, 0.15) is 11.1 Å². The smallest absolute Gasteiger partial charge is 0.240 e. The molecule has 0 saturated carbocycles. The fourth-order valence-electron chi connectivity index (χ4n) is 1.70. The van der Waals surface area contributed by atoms with Crippen LogP contribution < -0.4 is 10.5 Å². The topological polar surface area (TPSA) is 85.1 Å². The van der Waals surface area contributed by atoms with E-state index in [1.54, 1.807) is 43.6 Å². The number of nitrogens with one attached hydrogen (secondary N) is 1. The molecule has 5 nitrogen and oxygen atoms in total. The summed E-state index contributed by atoms with van der Waals surface area (Å²) in [5.41, 5.74) is 7.70. The molecule has 0 aliphatic rings. The molecule has 0 aliphatic carbocycles. The number of aromatic nitrogens is 1. The van der Waals surface area contributed by atoms with Crippen molar-refractivity contribution in [3.63, 3.8) is 0 Å². The number of anilines is 1. The standard InChI is InChI=1S/C13H15N3O2S/c1-10-5-12(14)7-13(6-10)19(17,18)16-9-11-3-2-4-15-8-11/h2-8,16H,9,14H2,1H3. The summed E-state index contributed by atoms with van der Waals surface area (Å²) in [7, 11) is -3.56. The molecule has 1 aromatic heterocycles. The summed E-state index contributed by atoms with van der Waals surface area (Å²) in [4.78, 5) is 4.11. The van der Waals surface area contributed by atoms with E-state index in [0.717, 1.165) is 11.1 Å². The predicted molar refractivity (Wildman–Crippen MR) is 73.9 cm³/mol. The van der Waals surface area contributed by atoms with E-state index in [4.69, 9.17) is 5.73 Å². The van der Waals surface area contributed by atoms with Gasteiger partial charge in [0.2, 0.25) is 10.0 Å². The molecular formula is C13H15N3O2S. The maximum absolute atomic E-state index is 12.1. The summed E-state index contributed by atoms with van der Waals surface area (Å²) in [6, 6.07) is 8.31. The van der Waals surface area contributed by atoms with E-state index in [1.807, 2.05) is 0 Å². The summed E-state index contributed by atoms with van der Waals surface area (Å²) in [5, 5.41) is 0. The third-order valence-corrected chi connectivity index (χ3v) is 3.95. The van der Waals surface area contributed by atoms with E-state index in [9.17, 15) is 8.42 Å². The van der Waals surface area contributed by atoms with Crippen molar-refractivity contribution in [1.82, 2.24) is 9.71 Å². The number of nitrogens with two attached hydrogens (primary N) is 1. The molecule has 0 atom stereocenters. The lowest BCUT2D eigenvalue weighted by molar-refractivity contribution is 0.581. The van der Waals surface area contributed by atoms with Crippen molar-refractivity contribution in [3.05, 3.63) is 53.9 Å². The minimum Gasteiger partial charge on any atom is -0.399 e. The van der Waals surface area contributed by atoms with Crippen LogP contribution in [-0.4, -0.2) is 13.4 Å². The number of pyridine rings is 1.